The van der Waals surface area contributed by atoms with Crippen molar-refractivity contribution in [2.45, 2.75) is 51.6 Å². The molecule has 0 unspecified atom stereocenters. The molecule has 0 bridgehead atoms. The van der Waals surface area contributed by atoms with Crippen LogP contribution < -0.4 is 0 Å². The van der Waals surface area contributed by atoms with E-state index in [2.05, 4.69) is 12.6 Å². The second kappa shape index (κ2) is 12.0. The molecule has 1 heterocycles. The van der Waals surface area contributed by atoms with Gasteiger partial charge in [0.05, 0.1) is 5.88 Å². The van der Waals surface area contributed by atoms with E-state index in [0.717, 1.165) is 0 Å². The van der Waals surface area contributed by atoms with Crippen molar-refractivity contribution < 1.29 is 24.5 Å². The number of aliphatic hydroxyl groups is 2. The summed E-state index contributed by atoms with van der Waals surface area (Å²) < 4.78 is 5.34. The quantitative estimate of drug-likeness (QED) is 0.149. The number of alkyl halides is 1. The van der Waals surface area contributed by atoms with Crippen LogP contribution in [0.25, 0.3) is 0 Å². The highest BCUT2D eigenvalue weighted by molar-refractivity contribution is 7.81. The van der Waals surface area contributed by atoms with Crippen molar-refractivity contribution in [1.29, 1.82) is 0 Å². The second-order valence-corrected chi connectivity index (χ2v) is 10.6. The third-order valence-electron chi connectivity index (χ3n) is 6.58. The molecular weight excluding hydrogens is 483 g/mol. The number of allylic oxidation sites excluding steroid dienone is 6. The lowest BCUT2D eigenvalue weighted by Crippen LogP contribution is -2.42. The minimum Gasteiger partial charge on any atom is -0.510 e. The van der Waals surface area contributed by atoms with Crippen molar-refractivity contribution in [2.24, 2.45) is 35.5 Å². The Kier molecular flexibility index (Phi) is 10.2. The van der Waals surface area contributed by atoms with Crippen LogP contribution in [0.15, 0.2) is 47.2 Å². The van der Waals surface area contributed by atoms with E-state index in [-0.39, 0.29) is 41.0 Å². The first-order chi connectivity index (χ1) is 15.4. The molecule has 0 aromatic heterocycles. The molecule has 0 saturated heterocycles. The SMILES string of the molecule is CC[C@H]1[C@@H]2C(=O)/C(Cl)=C(\O)[C@H](C)C(=O)O[C@@H](C)/C=C/C=C\[C@@H](C)[C@@H]2C=C[C@@H]1C[C@](O)(S)CCl. The van der Waals surface area contributed by atoms with E-state index < -0.39 is 40.4 Å². The molecule has 184 valence electrons. The zero-order chi connectivity index (χ0) is 24.9. The third kappa shape index (κ3) is 6.91. The van der Waals surface area contributed by atoms with E-state index in [9.17, 15) is 19.8 Å². The lowest BCUT2D eigenvalue weighted by molar-refractivity contribution is -0.150. The highest BCUT2D eigenvalue weighted by Gasteiger charge is 2.44. The monoisotopic (exact) mass is 516 g/mol. The number of fused-ring (bicyclic) bond motifs is 1. The summed E-state index contributed by atoms with van der Waals surface area (Å²) in [5.74, 6) is -3.80. The predicted octanol–water partition coefficient (Wildman–Crippen LogP) is 5.59. The number of ketones is 1. The number of ether oxygens (including phenoxy) is 1. The highest BCUT2D eigenvalue weighted by Crippen LogP contribution is 2.45. The average molecular weight is 518 g/mol. The predicted molar refractivity (Wildman–Crippen MR) is 135 cm³/mol. The molecule has 0 saturated carbocycles. The molecule has 1 aliphatic carbocycles. The first-order valence-electron chi connectivity index (χ1n) is 11.3. The molecule has 5 nitrogen and oxygen atoms in total. The topological polar surface area (TPSA) is 83.8 Å². The van der Waals surface area contributed by atoms with E-state index in [1.54, 1.807) is 19.1 Å². The lowest BCUT2D eigenvalue weighted by atomic mass is 9.63. The van der Waals surface area contributed by atoms with Gasteiger partial charge in [0, 0.05) is 5.92 Å². The Morgan fingerprint density at radius 2 is 1.76 bits per heavy atom. The van der Waals surface area contributed by atoms with Gasteiger partial charge in [-0.25, -0.2) is 0 Å². The number of hydrogen-bond acceptors (Lipinski definition) is 6. The normalized spacial score (nSPS) is 39.7. The first kappa shape index (κ1) is 28.0. The van der Waals surface area contributed by atoms with E-state index in [1.165, 1.54) is 6.92 Å². The van der Waals surface area contributed by atoms with E-state index >= 15 is 0 Å². The van der Waals surface area contributed by atoms with Gasteiger partial charge in [-0.3, -0.25) is 9.59 Å². The number of carbonyl (C=O) groups excluding carboxylic acids is 2. The fourth-order valence-corrected chi connectivity index (χ4v) is 5.26. The van der Waals surface area contributed by atoms with Gasteiger partial charge in [-0.1, -0.05) is 62.2 Å². The fraction of sp³-hybridized carbons (Fsp3) is 0.600. The summed E-state index contributed by atoms with van der Waals surface area (Å²) >= 11 is 16.6. The van der Waals surface area contributed by atoms with Gasteiger partial charge in [0.25, 0.3) is 0 Å². The van der Waals surface area contributed by atoms with Gasteiger partial charge in [-0.05, 0) is 50.0 Å². The van der Waals surface area contributed by atoms with E-state index in [4.69, 9.17) is 27.9 Å². The number of hydrogen-bond donors (Lipinski definition) is 3. The van der Waals surface area contributed by atoms with Crippen molar-refractivity contribution in [2.75, 3.05) is 5.88 Å². The molecule has 0 aromatic carbocycles. The lowest BCUT2D eigenvalue weighted by Gasteiger charge is -2.42. The number of aliphatic hydroxyl groups excluding tert-OH is 1. The van der Waals surface area contributed by atoms with E-state index in [0.29, 0.717) is 6.42 Å². The molecule has 8 heteroatoms. The van der Waals surface area contributed by atoms with Gasteiger partial charge in [0.2, 0.25) is 0 Å². The van der Waals surface area contributed by atoms with Gasteiger partial charge in [-0.2, -0.15) is 0 Å². The molecule has 1 aliphatic heterocycles. The second-order valence-electron chi connectivity index (χ2n) is 9.10. The Hall–Kier alpha value is -1.21. The van der Waals surface area contributed by atoms with Crippen LogP contribution in [0, 0.1) is 35.5 Å². The van der Waals surface area contributed by atoms with Crippen LogP contribution in [0.4, 0.5) is 0 Å². The molecule has 33 heavy (non-hydrogen) atoms. The molecule has 2 aliphatic rings. The summed E-state index contributed by atoms with van der Waals surface area (Å²) in [6, 6.07) is 0. The van der Waals surface area contributed by atoms with Gasteiger partial charge in [-0.15, -0.1) is 24.2 Å². The average Bonchev–Trinajstić information content (AvgIpc) is 2.78. The van der Waals surface area contributed by atoms with Crippen molar-refractivity contribution in [3.05, 3.63) is 47.2 Å². The summed E-state index contributed by atoms with van der Waals surface area (Å²) in [4.78, 5) is 24.8. The van der Waals surface area contributed by atoms with Crippen LogP contribution in [0.2, 0.25) is 0 Å². The number of halogens is 2. The summed E-state index contributed by atoms with van der Waals surface area (Å²) in [6.07, 6.45) is 11.8. The maximum Gasteiger partial charge on any atom is 0.316 e. The summed E-state index contributed by atoms with van der Waals surface area (Å²) in [6.45, 7) is 7.17. The number of carbonyl (C=O) groups is 2. The van der Waals surface area contributed by atoms with Gasteiger partial charge >= 0.3 is 5.97 Å². The van der Waals surface area contributed by atoms with Crippen LogP contribution in [-0.4, -0.2) is 38.9 Å². The number of cyclic esters (lactones) is 1. The number of esters is 1. The molecule has 0 radical (unpaired) electrons. The minimum absolute atomic E-state index is 0.0115. The van der Waals surface area contributed by atoms with Crippen molar-refractivity contribution in [1.82, 2.24) is 0 Å². The zero-order valence-electron chi connectivity index (χ0n) is 19.4. The number of rotatable bonds is 4. The minimum atomic E-state index is -1.38. The van der Waals surface area contributed by atoms with Crippen LogP contribution in [-0.2, 0) is 14.3 Å². The number of thiol groups is 1. The smallest absolute Gasteiger partial charge is 0.316 e. The third-order valence-corrected chi connectivity index (χ3v) is 7.93. The van der Waals surface area contributed by atoms with Crippen molar-refractivity contribution in [3.63, 3.8) is 0 Å². The van der Waals surface area contributed by atoms with Crippen LogP contribution in [0.1, 0.15) is 40.5 Å². The molecular formula is C25H34Cl2O5S. The van der Waals surface area contributed by atoms with E-state index in [1.807, 2.05) is 38.2 Å². The Balaban J connectivity index is 2.60. The number of Topliss-reactive ketones (excluding diaryl/α,β-unsaturated/α-hetero) is 1. The summed E-state index contributed by atoms with van der Waals surface area (Å²) in [5.41, 5.74) is 0. The Morgan fingerprint density at radius 3 is 2.36 bits per heavy atom. The Morgan fingerprint density at radius 1 is 1.12 bits per heavy atom. The maximum absolute atomic E-state index is 13.7. The van der Waals surface area contributed by atoms with Crippen LogP contribution in [0.3, 0.4) is 0 Å². The van der Waals surface area contributed by atoms with Gasteiger partial charge in [0.15, 0.2) is 5.78 Å². The van der Waals surface area contributed by atoms with Crippen molar-refractivity contribution >= 4 is 47.6 Å². The Bertz CT molecular complexity index is 848. The molecule has 2 rings (SSSR count). The largest absolute Gasteiger partial charge is 0.510 e. The Labute approximate surface area is 212 Å². The zero-order valence-corrected chi connectivity index (χ0v) is 21.9. The first-order valence-corrected chi connectivity index (χ1v) is 12.7. The molecule has 0 aromatic rings. The van der Waals surface area contributed by atoms with Crippen LogP contribution in [0.5, 0.6) is 0 Å². The maximum atomic E-state index is 13.7. The molecule has 0 amide bonds. The molecule has 8 atom stereocenters. The summed E-state index contributed by atoms with van der Waals surface area (Å²) in [5, 5.41) is 20.8. The molecule has 0 spiro atoms. The molecule has 0 fully saturated rings. The summed E-state index contributed by atoms with van der Waals surface area (Å²) in [7, 11) is 0. The van der Waals surface area contributed by atoms with Crippen LogP contribution >= 0.6 is 35.8 Å². The fourth-order valence-electron chi connectivity index (χ4n) is 4.65. The van der Waals surface area contributed by atoms with Crippen molar-refractivity contribution in [3.8, 4) is 0 Å². The standard InChI is InChI=1S/C25H34Cl2O5S/c1-5-18-17(12-25(31,33)13-26)10-11-19-14(2)8-6-7-9-15(3)32-24(30)16(4)22(28)21(27)23(29)20(18)19/h6-11,14-20,28,31,33H,5,12-13H2,1-4H3/b8-6-,9-7+,22-21+/t14-,15+,16+,17-,18-,19+,20+,25+/m1/s1. The highest BCUT2D eigenvalue weighted by atomic mass is 35.5. The van der Waals surface area contributed by atoms with Gasteiger partial charge < -0.3 is 14.9 Å². The van der Waals surface area contributed by atoms with Gasteiger partial charge in [0.1, 0.15) is 27.7 Å². The molecule has 2 N–H and O–H groups in total.